The molecule has 7 heteroatoms. The van der Waals surface area contributed by atoms with Crippen LogP contribution in [0.25, 0.3) is 15.8 Å². The van der Waals surface area contributed by atoms with E-state index >= 15 is 0 Å². The second-order valence-corrected chi connectivity index (χ2v) is 9.01. The molecule has 164 valence electrons. The van der Waals surface area contributed by atoms with E-state index in [4.69, 9.17) is 17.3 Å². The Morgan fingerprint density at radius 2 is 2.06 bits per heavy atom. The summed E-state index contributed by atoms with van der Waals surface area (Å²) in [4.78, 5) is 9.38. The average molecular weight is 467 g/mol. The van der Waals surface area contributed by atoms with Gasteiger partial charge in [0.15, 0.2) is 0 Å². The van der Waals surface area contributed by atoms with Gasteiger partial charge in [-0.1, -0.05) is 54.2 Å². The summed E-state index contributed by atoms with van der Waals surface area (Å²) in [6.07, 6.45) is 4.17. The third-order valence-corrected chi connectivity index (χ3v) is 6.97. The molecule has 0 saturated carbocycles. The molecule has 0 saturated heterocycles. The molecule has 0 radical (unpaired) electrons. The molecule has 0 amide bonds. The fourth-order valence-corrected chi connectivity index (χ4v) is 5.29. The molecule has 4 nitrogen and oxygen atoms in total. The van der Waals surface area contributed by atoms with Crippen LogP contribution in [0.2, 0.25) is 5.02 Å². The first-order valence-electron chi connectivity index (χ1n) is 10.2. The number of nitrogens with two attached hydrogens (primary N) is 1. The highest BCUT2D eigenvalue weighted by atomic mass is 35.5. The molecule has 0 unspecified atom stereocenters. The topological polar surface area (TPSA) is 66.2 Å². The summed E-state index contributed by atoms with van der Waals surface area (Å²) in [6, 6.07) is 11.0. The van der Waals surface area contributed by atoms with E-state index < -0.39 is 0 Å². The summed E-state index contributed by atoms with van der Waals surface area (Å²) in [7, 11) is 0. The molecule has 1 aliphatic rings. The van der Waals surface area contributed by atoms with Crippen LogP contribution in [0.4, 0.5) is 4.39 Å². The van der Waals surface area contributed by atoms with Crippen molar-refractivity contribution in [1.29, 1.82) is 0 Å². The Morgan fingerprint density at radius 3 is 2.81 bits per heavy atom. The van der Waals surface area contributed by atoms with Crippen LogP contribution in [0.15, 0.2) is 71.0 Å². The van der Waals surface area contributed by atoms with E-state index in [0.29, 0.717) is 29.3 Å². The van der Waals surface area contributed by atoms with E-state index in [1.54, 1.807) is 0 Å². The zero-order chi connectivity index (χ0) is 22.8. The van der Waals surface area contributed by atoms with Crippen LogP contribution in [-0.2, 0) is 6.42 Å². The molecule has 1 aliphatic heterocycles. The number of benzene rings is 2. The number of halogens is 2. The number of aromatic nitrogens is 1. The van der Waals surface area contributed by atoms with Crippen molar-refractivity contribution in [2.75, 3.05) is 6.54 Å². The van der Waals surface area contributed by atoms with E-state index in [1.165, 1.54) is 24.0 Å². The summed E-state index contributed by atoms with van der Waals surface area (Å²) in [6.45, 7) is 8.28. The summed E-state index contributed by atoms with van der Waals surface area (Å²) < 4.78 is 14.2. The Labute approximate surface area is 196 Å². The fraction of sp³-hybridized carbons (Fsp3) is 0.160. The number of thioether (sulfide) groups is 1. The van der Waals surface area contributed by atoms with Crippen molar-refractivity contribution in [3.8, 4) is 0 Å². The minimum absolute atomic E-state index is 0.236. The molecule has 0 bridgehead atoms. The zero-order valence-corrected chi connectivity index (χ0v) is 19.5. The number of aromatic amines is 1. The molecule has 0 atom stereocenters. The van der Waals surface area contributed by atoms with E-state index in [2.05, 4.69) is 21.9 Å². The molecule has 2 aromatic carbocycles. The van der Waals surface area contributed by atoms with Gasteiger partial charge in [-0.05, 0) is 49.6 Å². The summed E-state index contributed by atoms with van der Waals surface area (Å²) in [5, 5.41) is 4.93. The first kappa shape index (κ1) is 22.2. The van der Waals surface area contributed by atoms with E-state index in [-0.39, 0.29) is 5.82 Å². The number of aryl methyl sites for hydroxylation is 2. The van der Waals surface area contributed by atoms with Crippen LogP contribution in [0.3, 0.4) is 0 Å². The lowest BCUT2D eigenvalue weighted by molar-refractivity contribution is 0.637. The smallest absolute Gasteiger partial charge is 0.147 e. The summed E-state index contributed by atoms with van der Waals surface area (Å²) in [5.74, 6) is 0.301. The lowest BCUT2D eigenvalue weighted by Gasteiger charge is -2.11. The number of aliphatic imine (C=N–C) groups is 1. The van der Waals surface area contributed by atoms with Gasteiger partial charge in [-0.25, -0.2) is 4.39 Å². The van der Waals surface area contributed by atoms with Crippen molar-refractivity contribution in [2.45, 2.75) is 20.3 Å². The van der Waals surface area contributed by atoms with Crippen molar-refractivity contribution in [1.82, 2.24) is 10.3 Å². The Balaban J connectivity index is 1.55. The highest BCUT2D eigenvalue weighted by Crippen LogP contribution is 2.43. The molecule has 0 spiro atoms. The molecular weight excluding hydrogens is 443 g/mol. The lowest BCUT2D eigenvalue weighted by atomic mass is 10.0. The Kier molecular flexibility index (Phi) is 6.44. The number of fused-ring (bicyclic) bond motifs is 1. The molecule has 3 aromatic rings. The predicted molar refractivity (Wildman–Crippen MR) is 135 cm³/mol. The van der Waals surface area contributed by atoms with E-state index in [9.17, 15) is 4.39 Å². The first-order chi connectivity index (χ1) is 15.4. The Bertz CT molecular complexity index is 1300. The molecular formula is C25H24ClFN4S. The number of hydrogen-bond acceptors (Lipinski definition) is 4. The summed E-state index contributed by atoms with van der Waals surface area (Å²) in [5.41, 5.74) is 11.8. The van der Waals surface area contributed by atoms with Gasteiger partial charge < -0.3 is 16.0 Å². The fourth-order valence-electron chi connectivity index (χ4n) is 3.92. The van der Waals surface area contributed by atoms with Crippen LogP contribution >= 0.6 is 23.4 Å². The Hall–Kier alpha value is -2.96. The minimum atomic E-state index is -0.236. The lowest BCUT2D eigenvalue weighted by Crippen LogP contribution is -2.25. The van der Waals surface area contributed by atoms with Gasteiger partial charge in [-0.3, -0.25) is 4.99 Å². The second kappa shape index (κ2) is 9.27. The van der Waals surface area contributed by atoms with Crippen molar-refractivity contribution >= 4 is 44.9 Å². The van der Waals surface area contributed by atoms with Gasteiger partial charge in [0.1, 0.15) is 11.6 Å². The zero-order valence-electron chi connectivity index (χ0n) is 17.9. The van der Waals surface area contributed by atoms with Gasteiger partial charge in [0.25, 0.3) is 0 Å². The maximum Gasteiger partial charge on any atom is 0.147 e. The maximum atomic E-state index is 14.2. The van der Waals surface area contributed by atoms with Crippen molar-refractivity contribution in [2.24, 2.45) is 10.7 Å². The first-order valence-corrected chi connectivity index (χ1v) is 11.4. The van der Waals surface area contributed by atoms with E-state index in [1.807, 2.05) is 50.3 Å². The van der Waals surface area contributed by atoms with E-state index in [0.717, 1.165) is 43.3 Å². The minimum Gasteiger partial charge on any atom is -0.385 e. The van der Waals surface area contributed by atoms with Crippen molar-refractivity contribution < 1.29 is 4.39 Å². The largest absolute Gasteiger partial charge is 0.385 e. The average Bonchev–Trinajstić information content (AvgIpc) is 3.33. The van der Waals surface area contributed by atoms with Crippen LogP contribution < -0.4 is 11.1 Å². The molecule has 1 aromatic heterocycles. The van der Waals surface area contributed by atoms with Crippen LogP contribution in [-0.4, -0.2) is 17.2 Å². The van der Waals surface area contributed by atoms with Crippen LogP contribution in [0.1, 0.15) is 22.4 Å². The van der Waals surface area contributed by atoms with Gasteiger partial charge in [0.05, 0.1) is 16.1 Å². The monoisotopic (exact) mass is 466 g/mol. The molecule has 2 heterocycles. The number of nitrogens with zero attached hydrogens (tertiary/aromatic N) is 1. The highest BCUT2D eigenvalue weighted by molar-refractivity contribution is 8.13. The number of allylic oxidation sites excluding steroid dienone is 2. The molecule has 32 heavy (non-hydrogen) atoms. The third-order valence-electron chi connectivity index (χ3n) is 5.45. The van der Waals surface area contributed by atoms with Crippen molar-refractivity contribution in [3.05, 3.63) is 99.2 Å². The molecule has 0 aliphatic carbocycles. The van der Waals surface area contributed by atoms with Gasteiger partial charge in [-0.15, -0.1) is 0 Å². The van der Waals surface area contributed by atoms with Crippen LogP contribution in [0, 0.1) is 19.7 Å². The number of nitrogens with one attached hydrogen (secondary N) is 2. The Morgan fingerprint density at radius 1 is 1.28 bits per heavy atom. The normalized spacial score (nSPS) is 16.5. The predicted octanol–water partition coefficient (Wildman–Crippen LogP) is 6.21. The van der Waals surface area contributed by atoms with Gasteiger partial charge in [0.2, 0.25) is 0 Å². The molecule has 4 N–H and O–H groups in total. The summed E-state index contributed by atoms with van der Waals surface area (Å²) >= 11 is 7.90. The highest BCUT2D eigenvalue weighted by Gasteiger charge is 2.23. The SMILES string of the molecule is C=C/N=C1/C=C(c2ccccc2Cl)S/C1=C(/N)NCCc1c(C)[nH]c2c(F)ccc(C)c12. The number of H-pyrrole nitrogens is 1. The molecule has 0 fully saturated rings. The number of hydrogen-bond donors (Lipinski definition) is 3. The van der Waals surface area contributed by atoms with Gasteiger partial charge >= 0.3 is 0 Å². The third kappa shape index (κ3) is 4.20. The maximum absolute atomic E-state index is 14.2. The quantitative estimate of drug-likeness (QED) is 0.404. The van der Waals surface area contributed by atoms with Crippen LogP contribution in [0.5, 0.6) is 0 Å². The number of rotatable bonds is 6. The van der Waals surface area contributed by atoms with Gasteiger partial charge in [-0.2, -0.15) is 0 Å². The van der Waals surface area contributed by atoms with Crippen molar-refractivity contribution in [3.63, 3.8) is 0 Å². The second-order valence-electron chi connectivity index (χ2n) is 7.55. The molecule has 4 rings (SSSR count). The van der Waals surface area contributed by atoms with Gasteiger partial charge in [0, 0.05) is 39.3 Å². The standard InChI is InChI=1S/C25H24ClFN4S/c1-4-29-20-13-21(17-7-5-6-8-18(17)26)32-24(20)25(28)30-12-11-16-15(3)31-23-19(27)10-9-14(2)22(16)23/h4-10,13,30-31H,1,11-12,28H2,2-3H3/b25-24-,29-20-.